The molecule has 0 aliphatic carbocycles. The number of benzene rings is 2. The molecule has 2 aromatic rings. The number of hydrogen-bond donors (Lipinski definition) is 0. The third-order valence-electron chi connectivity index (χ3n) is 6.18. The Morgan fingerprint density at radius 1 is 0.816 bits per heavy atom. The minimum atomic E-state index is -0.202. The molecule has 0 unspecified atom stereocenters. The molecule has 0 saturated carbocycles. The molecule has 2 aromatic carbocycles. The number of ether oxygens (including phenoxy) is 3. The van der Waals surface area contributed by atoms with Crippen LogP contribution in [0.5, 0.6) is 5.75 Å². The summed E-state index contributed by atoms with van der Waals surface area (Å²) in [7, 11) is 2.16. The van der Waals surface area contributed by atoms with Crippen molar-refractivity contribution in [1.82, 2.24) is 0 Å². The van der Waals surface area contributed by atoms with Gasteiger partial charge in [-0.25, -0.2) is 0 Å². The van der Waals surface area contributed by atoms with E-state index in [-0.39, 0.29) is 11.9 Å². The second-order valence-electron chi connectivity index (χ2n) is 9.17. The number of rotatable bonds is 18. The summed E-state index contributed by atoms with van der Waals surface area (Å²) >= 11 is 4.75. The Bertz CT molecular complexity index is 994. The van der Waals surface area contributed by atoms with Gasteiger partial charge in [-0.3, -0.25) is 9.59 Å². The number of halogens is 2. The van der Waals surface area contributed by atoms with Crippen LogP contribution in [-0.2, 0) is 31.9 Å². The van der Waals surface area contributed by atoms with Gasteiger partial charge in [0, 0.05) is 39.3 Å². The molecule has 0 amide bonds. The zero-order valence-corrected chi connectivity index (χ0v) is 27.2. The number of hydrogen-bond acceptors (Lipinski definition) is 6. The van der Waals surface area contributed by atoms with E-state index in [4.69, 9.17) is 14.2 Å². The van der Waals surface area contributed by atoms with E-state index in [2.05, 4.69) is 81.4 Å². The fourth-order valence-corrected chi connectivity index (χ4v) is 6.17. The van der Waals surface area contributed by atoms with Crippen molar-refractivity contribution < 1.29 is 23.8 Å². The van der Waals surface area contributed by atoms with Crippen LogP contribution in [0.25, 0.3) is 0 Å². The minimum Gasteiger partial charge on any atom is -0.493 e. The molecule has 0 radical (unpaired) electrons. The molecule has 210 valence electrons. The van der Waals surface area contributed by atoms with Gasteiger partial charge < -0.3 is 19.1 Å². The topological polar surface area (TPSA) is 65.1 Å². The van der Waals surface area contributed by atoms with E-state index >= 15 is 0 Å². The van der Waals surface area contributed by atoms with Crippen molar-refractivity contribution in [1.29, 1.82) is 0 Å². The molecule has 0 bridgehead atoms. The molecule has 0 fully saturated rings. The summed E-state index contributed by atoms with van der Waals surface area (Å²) < 4.78 is 18.7. The Balaban J connectivity index is 1.88. The second-order valence-corrected chi connectivity index (χ2v) is 11.7. The van der Waals surface area contributed by atoms with Crippen LogP contribution in [0.4, 0.5) is 5.69 Å². The van der Waals surface area contributed by atoms with E-state index in [1.54, 1.807) is 6.92 Å². The first-order valence-corrected chi connectivity index (χ1v) is 15.7. The first-order valence-electron chi connectivity index (χ1n) is 13.6. The lowest BCUT2D eigenvalue weighted by molar-refractivity contribution is -0.144. The van der Waals surface area contributed by atoms with Gasteiger partial charge in [-0.1, -0.05) is 25.0 Å². The summed E-state index contributed by atoms with van der Waals surface area (Å²) in [5.74, 6) is 0.402. The average molecular weight is 749 g/mol. The molecule has 0 saturated heterocycles. The van der Waals surface area contributed by atoms with Crippen molar-refractivity contribution in [3.05, 3.63) is 54.7 Å². The zero-order chi connectivity index (χ0) is 27.8. The first kappa shape index (κ1) is 32.7. The Morgan fingerprint density at radius 3 is 2.16 bits per heavy atom. The van der Waals surface area contributed by atoms with Gasteiger partial charge in [0.15, 0.2) is 0 Å². The summed E-state index contributed by atoms with van der Waals surface area (Å²) in [4.78, 5) is 26.0. The minimum absolute atomic E-state index is 0.192. The van der Waals surface area contributed by atoms with Crippen LogP contribution in [0.15, 0.2) is 36.4 Å². The molecular weight excluding hydrogens is 708 g/mol. The summed E-state index contributed by atoms with van der Waals surface area (Å²) in [6, 6.07) is 12.7. The number of esters is 2. The summed E-state index contributed by atoms with van der Waals surface area (Å²) in [5.41, 5.74) is 3.57. The molecule has 0 aliphatic heterocycles. The van der Waals surface area contributed by atoms with Crippen LogP contribution >= 0.6 is 45.2 Å². The van der Waals surface area contributed by atoms with Crippen LogP contribution in [0.2, 0.25) is 0 Å². The van der Waals surface area contributed by atoms with Gasteiger partial charge >= 0.3 is 11.9 Å². The third-order valence-corrected chi connectivity index (χ3v) is 7.43. The maximum atomic E-state index is 12.0. The normalized spacial score (nSPS) is 10.8. The maximum Gasteiger partial charge on any atom is 0.306 e. The highest BCUT2D eigenvalue weighted by Crippen LogP contribution is 2.27. The molecule has 0 aliphatic rings. The Morgan fingerprint density at radius 2 is 1.47 bits per heavy atom. The molecule has 2 rings (SSSR count). The highest BCUT2D eigenvalue weighted by Gasteiger charge is 2.13. The number of aryl methyl sites for hydroxylation is 1. The molecule has 0 spiro atoms. The number of nitrogens with zero attached hydrogens (tertiary/aromatic N) is 1. The van der Waals surface area contributed by atoms with Gasteiger partial charge in [-0.05, 0) is 127 Å². The lowest BCUT2D eigenvalue weighted by Crippen LogP contribution is -2.18. The van der Waals surface area contributed by atoms with Gasteiger partial charge in [0.2, 0.25) is 0 Å². The number of carbonyl (C=O) groups is 2. The maximum absolute atomic E-state index is 12.0. The predicted molar refractivity (Wildman–Crippen MR) is 170 cm³/mol. The molecule has 8 heteroatoms. The fraction of sp³-hybridized carbons (Fsp3) is 0.533. The van der Waals surface area contributed by atoms with Crippen molar-refractivity contribution in [2.24, 2.45) is 0 Å². The van der Waals surface area contributed by atoms with Crippen LogP contribution in [-0.4, -0.2) is 45.4 Å². The molecule has 38 heavy (non-hydrogen) atoms. The Labute approximate surface area is 255 Å². The third kappa shape index (κ3) is 12.5. The van der Waals surface area contributed by atoms with Gasteiger partial charge in [0.1, 0.15) is 5.75 Å². The van der Waals surface area contributed by atoms with Gasteiger partial charge in [0.25, 0.3) is 0 Å². The van der Waals surface area contributed by atoms with Crippen LogP contribution in [0.1, 0.15) is 69.9 Å². The molecular formula is C30H41I2NO5. The fourth-order valence-electron chi connectivity index (χ4n) is 4.26. The molecule has 6 nitrogen and oxygen atoms in total. The first-order chi connectivity index (χ1) is 18.3. The summed E-state index contributed by atoms with van der Waals surface area (Å²) in [6.07, 6.45) is 7.35. The van der Waals surface area contributed by atoms with E-state index in [0.717, 1.165) is 43.5 Å². The summed E-state index contributed by atoms with van der Waals surface area (Å²) in [6.45, 7) is 5.87. The molecule has 0 N–H and O–H groups in total. The van der Waals surface area contributed by atoms with Crippen LogP contribution in [0.3, 0.4) is 0 Å². The van der Waals surface area contributed by atoms with Crippen molar-refractivity contribution in [3.8, 4) is 5.75 Å². The SMILES string of the molecule is CCOC(=O)CCCOc1cccc(CCCCCCN(C)c2cc(I)cc(I)c2)c1CCC(=O)OCC. The van der Waals surface area contributed by atoms with Crippen LogP contribution < -0.4 is 9.64 Å². The zero-order valence-electron chi connectivity index (χ0n) is 22.9. The second kappa shape index (κ2) is 18.7. The van der Waals surface area contributed by atoms with Crippen molar-refractivity contribution in [3.63, 3.8) is 0 Å². The number of carbonyl (C=O) groups excluding carboxylic acids is 2. The lowest BCUT2D eigenvalue weighted by Gasteiger charge is -2.20. The Kier molecular flexibility index (Phi) is 16.0. The number of anilines is 1. The molecule has 0 atom stereocenters. The van der Waals surface area contributed by atoms with Crippen molar-refractivity contribution >= 4 is 62.8 Å². The van der Waals surface area contributed by atoms with E-state index in [9.17, 15) is 9.59 Å². The van der Waals surface area contributed by atoms with Crippen molar-refractivity contribution in [2.45, 2.75) is 71.6 Å². The standard InChI is InChI=1S/C30H41I2NO5/c1-4-36-29(34)15-11-19-38-28-14-10-13-23(27(28)16-17-30(35)37-5-2)12-8-6-7-9-18-33(3)26-21-24(31)20-25(32)22-26/h10,13-14,20-22H,4-9,11-12,15-19H2,1-3H3. The predicted octanol–water partition coefficient (Wildman–Crippen LogP) is 7.35. The molecule has 0 heterocycles. The smallest absolute Gasteiger partial charge is 0.306 e. The quantitative estimate of drug-likeness (QED) is 0.0903. The van der Waals surface area contributed by atoms with Gasteiger partial charge in [-0.15, -0.1) is 0 Å². The van der Waals surface area contributed by atoms with Crippen molar-refractivity contribution in [2.75, 3.05) is 38.3 Å². The molecule has 0 aromatic heterocycles. The highest BCUT2D eigenvalue weighted by atomic mass is 127. The highest BCUT2D eigenvalue weighted by molar-refractivity contribution is 14.1. The van der Waals surface area contributed by atoms with Crippen LogP contribution in [0, 0.1) is 7.14 Å². The van der Waals surface area contributed by atoms with Gasteiger partial charge in [-0.2, -0.15) is 0 Å². The average Bonchev–Trinajstić information content (AvgIpc) is 2.87. The van der Waals surface area contributed by atoms with E-state index in [0.29, 0.717) is 45.5 Å². The van der Waals surface area contributed by atoms with Gasteiger partial charge in [0.05, 0.1) is 19.8 Å². The largest absolute Gasteiger partial charge is 0.493 e. The monoisotopic (exact) mass is 749 g/mol. The lowest BCUT2D eigenvalue weighted by atomic mass is 9.96. The number of unbranched alkanes of at least 4 members (excludes halogenated alkanes) is 3. The van der Waals surface area contributed by atoms with E-state index in [1.807, 2.05) is 19.1 Å². The van der Waals surface area contributed by atoms with E-state index in [1.165, 1.54) is 24.8 Å². The Hall–Kier alpha value is -1.56. The summed E-state index contributed by atoms with van der Waals surface area (Å²) in [5, 5.41) is 0. The van der Waals surface area contributed by atoms with E-state index < -0.39 is 0 Å².